The molecule has 0 aliphatic rings. The largest absolute Gasteiger partial charge is 0.493 e. The first-order chi connectivity index (χ1) is 12.3. The first-order valence-corrected chi connectivity index (χ1v) is 8.09. The molecule has 2 rings (SSSR count). The molecule has 0 aromatic heterocycles. The second-order valence-corrected chi connectivity index (χ2v) is 5.80. The van der Waals surface area contributed by atoms with Crippen molar-refractivity contribution in [3.05, 3.63) is 53.6 Å². The van der Waals surface area contributed by atoms with Gasteiger partial charge in [0, 0.05) is 16.8 Å². The summed E-state index contributed by atoms with van der Waals surface area (Å²) >= 11 is 0. The highest BCUT2D eigenvalue weighted by Gasteiger charge is 2.18. The van der Waals surface area contributed by atoms with Gasteiger partial charge < -0.3 is 14.8 Å². The number of methoxy groups -OCH3 is 1. The number of nitrogens with one attached hydrogen (secondary N) is 1. The molecule has 0 aliphatic carbocycles. The highest BCUT2D eigenvalue weighted by atomic mass is 16.5. The van der Waals surface area contributed by atoms with Crippen molar-refractivity contribution in [1.82, 2.24) is 0 Å². The normalized spacial score (nSPS) is 11.4. The summed E-state index contributed by atoms with van der Waals surface area (Å²) < 4.78 is 10.9. The van der Waals surface area contributed by atoms with Crippen molar-refractivity contribution >= 4 is 23.2 Å². The second kappa shape index (κ2) is 8.29. The first-order valence-electron chi connectivity index (χ1n) is 8.09. The van der Waals surface area contributed by atoms with Crippen molar-refractivity contribution in [3.63, 3.8) is 0 Å². The van der Waals surface area contributed by atoms with Crippen LogP contribution in [0.2, 0.25) is 0 Å². The number of rotatable bonds is 7. The van der Waals surface area contributed by atoms with Gasteiger partial charge in [0.2, 0.25) is 0 Å². The molecule has 1 atom stereocenters. The molecule has 0 aliphatic heterocycles. The van der Waals surface area contributed by atoms with E-state index in [1.54, 1.807) is 49.4 Å². The number of benzene rings is 2. The Bertz CT molecular complexity index is 827. The number of carbonyl (C=O) groups is 3. The van der Waals surface area contributed by atoms with Gasteiger partial charge in [0.05, 0.1) is 7.11 Å². The first kappa shape index (κ1) is 19.2. The number of anilines is 1. The third-order valence-electron chi connectivity index (χ3n) is 3.80. The van der Waals surface area contributed by atoms with Gasteiger partial charge in [-0.15, -0.1) is 0 Å². The highest BCUT2D eigenvalue weighted by molar-refractivity contribution is 5.97. The van der Waals surface area contributed by atoms with E-state index in [9.17, 15) is 14.4 Å². The van der Waals surface area contributed by atoms with Crippen LogP contribution >= 0.6 is 0 Å². The van der Waals surface area contributed by atoms with Crippen LogP contribution < -0.4 is 14.8 Å². The van der Waals surface area contributed by atoms with E-state index in [0.29, 0.717) is 28.3 Å². The van der Waals surface area contributed by atoms with Crippen LogP contribution in [0, 0.1) is 0 Å². The molecule has 0 bridgehead atoms. The average Bonchev–Trinajstić information content (AvgIpc) is 2.62. The van der Waals surface area contributed by atoms with Crippen LogP contribution in [0.4, 0.5) is 5.69 Å². The molecular weight excluding hydrogens is 334 g/mol. The summed E-state index contributed by atoms with van der Waals surface area (Å²) in [5.41, 5.74) is 1.63. The van der Waals surface area contributed by atoms with E-state index >= 15 is 0 Å². The molecule has 6 heteroatoms. The fraction of sp³-hybridized carbons (Fsp3) is 0.250. The second-order valence-electron chi connectivity index (χ2n) is 5.80. The molecule has 1 amide bonds. The quantitative estimate of drug-likeness (QED) is 0.769. The van der Waals surface area contributed by atoms with Gasteiger partial charge in [0.1, 0.15) is 0 Å². The average molecular weight is 355 g/mol. The number of amides is 1. The Hall–Kier alpha value is -3.15. The lowest BCUT2D eigenvalue weighted by Crippen LogP contribution is -2.30. The molecule has 0 radical (unpaired) electrons. The minimum absolute atomic E-state index is 0.0410. The molecule has 136 valence electrons. The van der Waals surface area contributed by atoms with Crippen molar-refractivity contribution in [3.8, 4) is 11.5 Å². The van der Waals surface area contributed by atoms with Gasteiger partial charge in [-0.05, 0) is 63.2 Å². The third kappa shape index (κ3) is 4.69. The summed E-state index contributed by atoms with van der Waals surface area (Å²) in [6, 6.07) is 11.4. The predicted molar refractivity (Wildman–Crippen MR) is 98.2 cm³/mol. The highest BCUT2D eigenvalue weighted by Crippen LogP contribution is 2.29. The molecule has 0 spiro atoms. The summed E-state index contributed by atoms with van der Waals surface area (Å²) in [4.78, 5) is 35.0. The summed E-state index contributed by atoms with van der Waals surface area (Å²) in [6.07, 6.45) is -0.792. The standard InChI is InChI=1S/C20H21NO5/c1-12(22)15-5-8-17(9-6-15)21-20(24)14(3)26-18-10-7-16(13(2)23)11-19(18)25-4/h5-11,14H,1-4H3,(H,21,24)/t14-/m0/s1. The molecule has 26 heavy (non-hydrogen) atoms. The van der Waals surface area contributed by atoms with Gasteiger partial charge in [-0.1, -0.05) is 0 Å². The van der Waals surface area contributed by atoms with Crippen LogP contribution in [0.25, 0.3) is 0 Å². The molecule has 0 saturated carbocycles. The molecule has 0 heterocycles. The zero-order valence-electron chi connectivity index (χ0n) is 15.2. The van der Waals surface area contributed by atoms with E-state index in [4.69, 9.17) is 9.47 Å². The van der Waals surface area contributed by atoms with Crippen LogP contribution in [-0.2, 0) is 4.79 Å². The molecule has 2 aromatic carbocycles. The lowest BCUT2D eigenvalue weighted by molar-refractivity contribution is -0.122. The predicted octanol–water partition coefficient (Wildman–Crippen LogP) is 3.51. The van der Waals surface area contributed by atoms with Gasteiger partial charge in [0.15, 0.2) is 29.2 Å². The van der Waals surface area contributed by atoms with Crippen molar-refractivity contribution in [1.29, 1.82) is 0 Å². The summed E-state index contributed by atoms with van der Waals surface area (Å²) in [6.45, 7) is 4.55. The zero-order chi connectivity index (χ0) is 19.3. The Morgan fingerprint density at radius 3 is 2.00 bits per heavy atom. The van der Waals surface area contributed by atoms with E-state index in [1.807, 2.05) is 0 Å². The van der Waals surface area contributed by atoms with Crippen LogP contribution in [-0.4, -0.2) is 30.7 Å². The SMILES string of the molecule is COc1cc(C(C)=O)ccc1O[C@@H](C)C(=O)Nc1ccc(C(C)=O)cc1. The molecule has 0 unspecified atom stereocenters. The summed E-state index contributed by atoms with van der Waals surface area (Å²) in [5, 5.41) is 2.72. The van der Waals surface area contributed by atoms with Crippen molar-refractivity contribution < 1.29 is 23.9 Å². The van der Waals surface area contributed by atoms with Crippen molar-refractivity contribution in [2.24, 2.45) is 0 Å². The molecule has 6 nitrogen and oxygen atoms in total. The van der Waals surface area contributed by atoms with Crippen molar-refractivity contribution in [2.45, 2.75) is 26.9 Å². The number of ether oxygens (including phenoxy) is 2. The third-order valence-corrected chi connectivity index (χ3v) is 3.80. The Morgan fingerprint density at radius 1 is 0.885 bits per heavy atom. The van der Waals surface area contributed by atoms with E-state index < -0.39 is 6.10 Å². The molecule has 0 saturated heterocycles. The van der Waals surface area contributed by atoms with E-state index in [-0.39, 0.29) is 17.5 Å². The number of carbonyl (C=O) groups excluding carboxylic acids is 3. The maximum Gasteiger partial charge on any atom is 0.265 e. The van der Waals surface area contributed by atoms with E-state index in [2.05, 4.69) is 5.32 Å². The van der Waals surface area contributed by atoms with E-state index in [1.165, 1.54) is 21.0 Å². The lowest BCUT2D eigenvalue weighted by atomic mass is 10.1. The lowest BCUT2D eigenvalue weighted by Gasteiger charge is -2.17. The Balaban J connectivity index is 2.06. The number of Topliss-reactive ketones (excluding diaryl/α,β-unsaturated/α-hetero) is 2. The van der Waals surface area contributed by atoms with Crippen LogP contribution in [0.1, 0.15) is 41.5 Å². The molecule has 0 fully saturated rings. The van der Waals surface area contributed by atoms with Crippen LogP contribution in [0.15, 0.2) is 42.5 Å². The summed E-state index contributed by atoms with van der Waals surface area (Å²) in [5.74, 6) is 0.267. The number of hydrogen-bond donors (Lipinski definition) is 1. The van der Waals surface area contributed by atoms with Gasteiger partial charge in [-0.2, -0.15) is 0 Å². The molecular formula is C20H21NO5. The fourth-order valence-corrected chi connectivity index (χ4v) is 2.26. The number of ketones is 2. The molecule has 2 aromatic rings. The van der Waals surface area contributed by atoms with E-state index in [0.717, 1.165) is 0 Å². The maximum atomic E-state index is 12.3. The van der Waals surface area contributed by atoms with Crippen LogP contribution in [0.3, 0.4) is 0 Å². The van der Waals surface area contributed by atoms with Gasteiger partial charge in [0.25, 0.3) is 5.91 Å². The minimum Gasteiger partial charge on any atom is -0.493 e. The van der Waals surface area contributed by atoms with Gasteiger partial charge >= 0.3 is 0 Å². The maximum absolute atomic E-state index is 12.3. The smallest absolute Gasteiger partial charge is 0.265 e. The fourth-order valence-electron chi connectivity index (χ4n) is 2.26. The molecule has 1 N–H and O–H groups in total. The Kier molecular flexibility index (Phi) is 6.11. The van der Waals surface area contributed by atoms with Gasteiger partial charge in [-0.25, -0.2) is 0 Å². The Labute approximate surface area is 152 Å². The summed E-state index contributed by atoms with van der Waals surface area (Å²) in [7, 11) is 1.47. The minimum atomic E-state index is -0.792. The topological polar surface area (TPSA) is 81.7 Å². The van der Waals surface area contributed by atoms with Crippen LogP contribution in [0.5, 0.6) is 11.5 Å². The number of hydrogen-bond acceptors (Lipinski definition) is 5. The zero-order valence-corrected chi connectivity index (χ0v) is 15.2. The van der Waals surface area contributed by atoms with Crippen molar-refractivity contribution in [2.75, 3.05) is 12.4 Å². The Morgan fingerprint density at radius 2 is 1.46 bits per heavy atom. The monoisotopic (exact) mass is 355 g/mol. The van der Waals surface area contributed by atoms with Gasteiger partial charge in [-0.3, -0.25) is 14.4 Å².